The predicted octanol–water partition coefficient (Wildman–Crippen LogP) is 2.30. The van der Waals surface area contributed by atoms with Gasteiger partial charge < -0.3 is 10.1 Å². The van der Waals surface area contributed by atoms with Crippen LogP contribution in [0.1, 0.15) is 37.0 Å². The van der Waals surface area contributed by atoms with Crippen molar-refractivity contribution in [2.24, 2.45) is 17.8 Å². The van der Waals surface area contributed by atoms with Crippen LogP contribution in [-0.4, -0.2) is 24.3 Å². The molecule has 3 rings (SSSR count). The van der Waals surface area contributed by atoms with Crippen molar-refractivity contribution in [3.63, 3.8) is 0 Å². The van der Waals surface area contributed by atoms with Crippen LogP contribution in [0.25, 0.3) is 0 Å². The molecule has 1 aromatic heterocycles. The molecule has 3 atom stereocenters. The van der Waals surface area contributed by atoms with E-state index in [9.17, 15) is 14.4 Å². The maximum absolute atomic E-state index is 12.2. The van der Waals surface area contributed by atoms with Crippen molar-refractivity contribution in [1.82, 2.24) is 5.32 Å². The largest absolute Gasteiger partial charge is 0.455 e. The molecule has 1 N–H and O–H groups in total. The van der Waals surface area contributed by atoms with E-state index in [1.807, 2.05) is 17.5 Å². The molecule has 23 heavy (non-hydrogen) atoms. The average Bonchev–Trinajstić information content (AvgIpc) is 3.03. The first-order valence-electron chi connectivity index (χ1n) is 8.13. The molecule has 1 amide bonds. The summed E-state index contributed by atoms with van der Waals surface area (Å²) in [5.74, 6) is -0.484. The summed E-state index contributed by atoms with van der Waals surface area (Å²) in [6, 6.07) is 3.86. The maximum atomic E-state index is 12.2. The molecule has 0 aliphatic heterocycles. The number of thiophene rings is 1. The number of carbonyl (C=O) groups is 3. The molecule has 2 fully saturated rings. The van der Waals surface area contributed by atoms with E-state index < -0.39 is 0 Å². The van der Waals surface area contributed by atoms with Gasteiger partial charge >= 0.3 is 5.97 Å². The number of ether oxygens (including phenoxy) is 1. The third-order valence-corrected chi connectivity index (χ3v) is 5.64. The van der Waals surface area contributed by atoms with E-state index >= 15 is 0 Å². The fourth-order valence-electron chi connectivity index (χ4n) is 3.58. The second-order valence-corrected chi connectivity index (χ2v) is 7.39. The normalized spacial score (nSPS) is 26.6. The van der Waals surface area contributed by atoms with E-state index in [0.29, 0.717) is 25.2 Å². The fraction of sp³-hybridized carbons (Fsp3) is 0.588. The van der Waals surface area contributed by atoms with Gasteiger partial charge in [0.1, 0.15) is 5.78 Å². The zero-order valence-corrected chi connectivity index (χ0v) is 13.8. The van der Waals surface area contributed by atoms with Gasteiger partial charge in [-0.15, -0.1) is 11.3 Å². The molecule has 1 aromatic rings. The van der Waals surface area contributed by atoms with Crippen LogP contribution >= 0.6 is 11.3 Å². The first-order valence-corrected chi connectivity index (χ1v) is 9.01. The van der Waals surface area contributed by atoms with Crippen LogP contribution < -0.4 is 5.32 Å². The van der Waals surface area contributed by atoms with Gasteiger partial charge in [0, 0.05) is 16.7 Å². The number of rotatable bonds is 5. The van der Waals surface area contributed by atoms with Crippen LogP contribution in [-0.2, 0) is 25.7 Å². The monoisotopic (exact) mass is 335 g/mol. The topological polar surface area (TPSA) is 72.5 Å². The predicted molar refractivity (Wildman–Crippen MR) is 85.7 cm³/mol. The molecule has 6 heteroatoms. The van der Waals surface area contributed by atoms with Crippen molar-refractivity contribution in [3.8, 4) is 0 Å². The van der Waals surface area contributed by atoms with E-state index in [4.69, 9.17) is 4.74 Å². The van der Waals surface area contributed by atoms with Crippen LogP contribution in [0.4, 0.5) is 0 Å². The Morgan fingerprint density at radius 1 is 1.26 bits per heavy atom. The second kappa shape index (κ2) is 7.25. The number of amides is 1. The van der Waals surface area contributed by atoms with Gasteiger partial charge in [0.2, 0.25) is 0 Å². The van der Waals surface area contributed by atoms with Gasteiger partial charge in [-0.05, 0) is 37.1 Å². The van der Waals surface area contributed by atoms with Crippen molar-refractivity contribution in [3.05, 3.63) is 22.4 Å². The van der Waals surface area contributed by atoms with E-state index in [2.05, 4.69) is 5.32 Å². The molecule has 0 spiro atoms. The van der Waals surface area contributed by atoms with E-state index in [-0.39, 0.29) is 36.2 Å². The van der Waals surface area contributed by atoms with Crippen LogP contribution in [0.2, 0.25) is 0 Å². The molecular weight excluding hydrogens is 314 g/mol. The smallest absolute Gasteiger partial charge is 0.309 e. The molecule has 0 radical (unpaired) electrons. The summed E-state index contributed by atoms with van der Waals surface area (Å²) >= 11 is 1.57. The molecule has 124 valence electrons. The Labute approximate surface area is 139 Å². The van der Waals surface area contributed by atoms with Gasteiger partial charge in [0.25, 0.3) is 5.91 Å². The van der Waals surface area contributed by atoms with Crippen molar-refractivity contribution >= 4 is 29.0 Å². The van der Waals surface area contributed by atoms with Crippen LogP contribution in [0, 0.1) is 17.8 Å². The minimum Gasteiger partial charge on any atom is -0.455 e. The van der Waals surface area contributed by atoms with Crippen LogP contribution in [0.5, 0.6) is 0 Å². The summed E-state index contributed by atoms with van der Waals surface area (Å²) in [5.41, 5.74) is 0. The highest BCUT2D eigenvalue weighted by molar-refractivity contribution is 7.09. The van der Waals surface area contributed by atoms with Gasteiger partial charge in [0.15, 0.2) is 6.61 Å². The quantitative estimate of drug-likeness (QED) is 0.838. The number of carbonyl (C=O) groups excluding carboxylic acids is 3. The summed E-state index contributed by atoms with van der Waals surface area (Å²) in [7, 11) is 0. The highest BCUT2D eigenvalue weighted by atomic mass is 32.1. The first kappa shape index (κ1) is 16.2. The zero-order valence-electron chi connectivity index (χ0n) is 13.0. The van der Waals surface area contributed by atoms with Crippen molar-refractivity contribution < 1.29 is 19.1 Å². The SMILES string of the molecule is O=C(COC(=O)C1C[C@H]2CCC[C@@H](C1)C2=O)NCc1cccs1. The lowest BCUT2D eigenvalue weighted by molar-refractivity contribution is -0.156. The van der Waals surface area contributed by atoms with E-state index in [0.717, 1.165) is 24.1 Å². The van der Waals surface area contributed by atoms with Crippen LogP contribution in [0.15, 0.2) is 17.5 Å². The standard InChI is InChI=1S/C17H21NO4S/c19-15(18-9-14-5-2-6-23-14)10-22-17(21)13-7-11-3-1-4-12(8-13)16(11)20/h2,5-6,11-13H,1,3-4,7-10H2,(H,18,19)/t11-,12+,13?. The van der Waals surface area contributed by atoms with Crippen LogP contribution in [0.3, 0.4) is 0 Å². The number of esters is 1. The van der Waals surface area contributed by atoms with E-state index in [1.165, 1.54) is 0 Å². The molecule has 2 bridgehead atoms. The van der Waals surface area contributed by atoms with Gasteiger partial charge in [-0.2, -0.15) is 0 Å². The summed E-state index contributed by atoms with van der Waals surface area (Å²) in [5, 5.41) is 4.68. The Balaban J connectivity index is 1.42. The van der Waals surface area contributed by atoms with Gasteiger partial charge in [0.05, 0.1) is 12.5 Å². The average molecular weight is 335 g/mol. The zero-order chi connectivity index (χ0) is 16.2. The minimum absolute atomic E-state index is 0.0210. The summed E-state index contributed by atoms with van der Waals surface area (Å²) in [4.78, 5) is 37.0. The van der Waals surface area contributed by atoms with Crippen molar-refractivity contribution in [2.75, 3.05) is 6.61 Å². The Hall–Kier alpha value is -1.69. The number of fused-ring (bicyclic) bond motifs is 2. The Kier molecular flexibility index (Phi) is 5.10. The number of hydrogen-bond donors (Lipinski definition) is 1. The molecule has 5 nitrogen and oxygen atoms in total. The molecule has 1 unspecified atom stereocenters. The summed E-state index contributed by atoms with van der Waals surface area (Å²) < 4.78 is 5.15. The highest BCUT2D eigenvalue weighted by Crippen LogP contribution is 2.40. The molecule has 1 heterocycles. The van der Waals surface area contributed by atoms with Gasteiger partial charge in [-0.1, -0.05) is 12.5 Å². The van der Waals surface area contributed by atoms with Gasteiger partial charge in [-0.3, -0.25) is 14.4 Å². The molecule has 0 aromatic carbocycles. The fourth-order valence-corrected chi connectivity index (χ4v) is 4.22. The maximum Gasteiger partial charge on any atom is 0.309 e. The molecule has 2 aliphatic rings. The lowest BCUT2D eigenvalue weighted by Crippen LogP contribution is -2.40. The minimum atomic E-state index is -0.333. The number of ketones is 1. The number of nitrogens with one attached hydrogen (secondary N) is 1. The molecule has 0 saturated heterocycles. The first-order chi connectivity index (χ1) is 11.1. The van der Waals surface area contributed by atoms with Crippen molar-refractivity contribution in [2.45, 2.75) is 38.6 Å². The van der Waals surface area contributed by atoms with E-state index in [1.54, 1.807) is 11.3 Å². The van der Waals surface area contributed by atoms with Crippen molar-refractivity contribution in [1.29, 1.82) is 0 Å². The molecule has 2 aliphatic carbocycles. The molecule has 2 saturated carbocycles. The Morgan fingerprint density at radius 3 is 2.65 bits per heavy atom. The summed E-state index contributed by atoms with van der Waals surface area (Å²) in [6.45, 7) is 0.208. The lowest BCUT2D eigenvalue weighted by atomic mass is 9.67. The number of hydrogen-bond acceptors (Lipinski definition) is 5. The second-order valence-electron chi connectivity index (χ2n) is 6.36. The third-order valence-electron chi connectivity index (χ3n) is 4.77. The highest BCUT2D eigenvalue weighted by Gasteiger charge is 2.41. The van der Waals surface area contributed by atoms with Gasteiger partial charge in [-0.25, -0.2) is 0 Å². The third kappa shape index (κ3) is 3.99. The lowest BCUT2D eigenvalue weighted by Gasteiger charge is -2.36. The summed E-state index contributed by atoms with van der Waals surface area (Å²) in [6.07, 6.45) is 4.03. The Bertz CT molecular complexity index is 567. The molecular formula is C17H21NO4S. The Morgan fingerprint density at radius 2 is 2.00 bits per heavy atom. The number of Topliss-reactive ketones (excluding diaryl/α,β-unsaturated/α-hetero) is 1.